The highest BCUT2D eigenvalue weighted by Gasteiger charge is 2.48. The predicted molar refractivity (Wildman–Crippen MR) is 128 cm³/mol. The summed E-state index contributed by atoms with van der Waals surface area (Å²) >= 11 is 1.60. The second-order valence-corrected chi connectivity index (χ2v) is 11.4. The van der Waals surface area contributed by atoms with Gasteiger partial charge < -0.3 is 4.98 Å². The molecule has 1 saturated heterocycles. The summed E-state index contributed by atoms with van der Waals surface area (Å²) in [6.07, 6.45) is 4.86. The van der Waals surface area contributed by atoms with E-state index in [1.54, 1.807) is 17.8 Å². The van der Waals surface area contributed by atoms with Crippen LogP contribution in [0.15, 0.2) is 53.4 Å². The van der Waals surface area contributed by atoms with E-state index in [-0.39, 0.29) is 16.5 Å². The molecule has 0 unspecified atom stereocenters. The summed E-state index contributed by atoms with van der Waals surface area (Å²) in [6, 6.07) is 13.7. The zero-order valence-electron chi connectivity index (χ0n) is 17.8. The van der Waals surface area contributed by atoms with E-state index in [1.165, 1.54) is 17.1 Å². The zero-order chi connectivity index (χ0) is 23.2. The first-order valence-electron chi connectivity index (χ1n) is 10.8. The van der Waals surface area contributed by atoms with Gasteiger partial charge in [-0.1, -0.05) is 49.6 Å². The van der Waals surface area contributed by atoms with Gasteiger partial charge in [0.2, 0.25) is 10.0 Å². The third-order valence-corrected chi connectivity index (χ3v) is 8.79. The molecule has 2 heterocycles. The van der Waals surface area contributed by atoms with Crippen LogP contribution < -0.4 is 10.6 Å². The number of sulfonamides is 1. The highest BCUT2D eigenvalue weighted by atomic mass is 32.2. The molecule has 2 fully saturated rings. The van der Waals surface area contributed by atoms with Gasteiger partial charge in [0.05, 0.1) is 10.6 Å². The largest absolute Gasteiger partial charge is 0.350 e. The van der Waals surface area contributed by atoms with Crippen molar-refractivity contribution < 1.29 is 18.0 Å². The molecule has 8 nitrogen and oxygen atoms in total. The first-order valence-corrected chi connectivity index (χ1v) is 13.3. The lowest BCUT2D eigenvalue weighted by Crippen LogP contribution is -2.55. The summed E-state index contributed by atoms with van der Waals surface area (Å²) in [4.78, 5) is 28.9. The Hall–Kier alpha value is -2.82. The topological polar surface area (TPSA) is 125 Å². The van der Waals surface area contributed by atoms with Crippen molar-refractivity contribution >= 4 is 44.5 Å². The van der Waals surface area contributed by atoms with Crippen LogP contribution >= 0.6 is 11.8 Å². The number of aromatic nitrogens is 1. The molecule has 2 aromatic carbocycles. The van der Waals surface area contributed by atoms with Crippen LogP contribution in [0.2, 0.25) is 0 Å². The van der Waals surface area contributed by atoms with Crippen molar-refractivity contribution in [1.29, 1.82) is 0 Å². The lowest BCUT2D eigenvalue weighted by atomic mass is 9.94. The zero-order valence-corrected chi connectivity index (χ0v) is 19.5. The molecule has 5 rings (SSSR count). The number of benzene rings is 2. The van der Waals surface area contributed by atoms with Gasteiger partial charge in [0.25, 0.3) is 11.8 Å². The average Bonchev–Trinajstić information content (AvgIpc) is 3.33. The standard InChI is InChI=1S/C23H24N4O4S2/c24-33(30,31)16-9-10-18-17(13-16)20(15-7-3-1-4-8-15)21(25-18)22(29)26-27-19(28)14-32-23(27)11-5-2-6-12-23/h1,3-4,7-10,13,25H,2,5-6,11-12,14H2,(H,26,29)(H2,24,30,31). The van der Waals surface area contributed by atoms with Crippen molar-refractivity contribution in [2.45, 2.75) is 41.9 Å². The third-order valence-electron chi connectivity index (χ3n) is 6.36. The number of hydrogen-bond acceptors (Lipinski definition) is 5. The van der Waals surface area contributed by atoms with Gasteiger partial charge in [0, 0.05) is 16.5 Å². The molecule has 10 heteroatoms. The van der Waals surface area contributed by atoms with Crippen LogP contribution in [0.4, 0.5) is 0 Å². The first kappa shape index (κ1) is 22.0. The Labute approximate surface area is 195 Å². The van der Waals surface area contributed by atoms with Gasteiger partial charge in [-0.3, -0.25) is 15.0 Å². The Bertz CT molecular complexity index is 1350. The smallest absolute Gasteiger partial charge is 0.286 e. The molecule has 1 saturated carbocycles. The van der Waals surface area contributed by atoms with E-state index in [0.717, 1.165) is 37.7 Å². The van der Waals surface area contributed by atoms with Gasteiger partial charge in [-0.2, -0.15) is 0 Å². The summed E-state index contributed by atoms with van der Waals surface area (Å²) in [5.74, 6) is -0.205. The van der Waals surface area contributed by atoms with Gasteiger partial charge in [0.15, 0.2) is 0 Å². The molecule has 1 aliphatic heterocycles. The number of fused-ring (bicyclic) bond motifs is 1. The number of primary sulfonamides is 1. The SMILES string of the molecule is NS(=O)(=O)c1ccc2[nH]c(C(=O)NN3C(=O)CSC34CCCCC4)c(-c3ccccc3)c2c1. The quantitative estimate of drug-likeness (QED) is 0.524. The third kappa shape index (κ3) is 3.92. The van der Waals surface area contributed by atoms with Crippen molar-refractivity contribution in [2.24, 2.45) is 5.14 Å². The number of hydrogen-bond donors (Lipinski definition) is 3. The van der Waals surface area contributed by atoms with Crippen LogP contribution in [0.25, 0.3) is 22.0 Å². The average molecular weight is 485 g/mol. The van der Waals surface area contributed by atoms with Crippen LogP contribution in [0.5, 0.6) is 0 Å². The van der Waals surface area contributed by atoms with Crippen molar-refractivity contribution in [3.63, 3.8) is 0 Å². The Kier molecular flexibility index (Phi) is 5.46. The molecule has 4 N–H and O–H groups in total. The second-order valence-electron chi connectivity index (χ2n) is 8.46. The van der Waals surface area contributed by atoms with Crippen molar-refractivity contribution in [3.05, 3.63) is 54.2 Å². The molecule has 0 atom stereocenters. The number of nitrogens with zero attached hydrogens (tertiary/aromatic N) is 1. The molecular weight excluding hydrogens is 460 g/mol. The van der Waals surface area contributed by atoms with Gasteiger partial charge in [0.1, 0.15) is 10.6 Å². The van der Waals surface area contributed by atoms with Crippen LogP contribution in [0.3, 0.4) is 0 Å². The van der Waals surface area contributed by atoms with Crippen molar-refractivity contribution in [2.75, 3.05) is 5.75 Å². The first-order chi connectivity index (χ1) is 15.8. The van der Waals surface area contributed by atoms with Gasteiger partial charge in [-0.25, -0.2) is 18.6 Å². The fourth-order valence-electron chi connectivity index (χ4n) is 4.77. The number of nitrogens with one attached hydrogen (secondary N) is 2. The summed E-state index contributed by atoms with van der Waals surface area (Å²) in [5, 5.41) is 7.43. The number of rotatable bonds is 4. The van der Waals surface area contributed by atoms with E-state index in [2.05, 4.69) is 10.4 Å². The van der Waals surface area contributed by atoms with Crippen molar-refractivity contribution in [3.8, 4) is 11.1 Å². The van der Waals surface area contributed by atoms with Gasteiger partial charge in [-0.05, 0) is 36.6 Å². The van der Waals surface area contributed by atoms with E-state index in [9.17, 15) is 18.0 Å². The fraction of sp³-hybridized carbons (Fsp3) is 0.304. The summed E-state index contributed by atoms with van der Waals surface area (Å²) in [5.41, 5.74) is 5.04. The normalized spacial score (nSPS) is 18.2. The van der Waals surface area contributed by atoms with Crippen LogP contribution in [-0.4, -0.2) is 40.8 Å². The number of aromatic amines is 1. The van der Waals surface area contributed by atoms with Crippen LogP contribution in [0.1, 0.15) is 42.6 Å². The Morgan fingerprint density at radius 3 is 2.52 bits per heavy atom. The summed E-state index contributed by atoms with van der Waals surface area (Å²) < 4.78 is 23.9. The number of nitrogens with two attached hydrogens (primary N) is 1. The predicted octanol–water partition coefficient (Wildman–Crippen LogP) is 3.36. The molecule has 172 valence electrons. The molecule has 1 aromatic heterocycles. The van der Waals surface area contributed by atoms with E-state index in [0.29, 0.717) is 22.2 Å². The lowest BCUT2D eigenvalue weighted by molar-refractivity contribution is -0.133. The Balaban J connectivity index is 1.60. The number of amides is 2. The minimum Gasteiger partial charge on any atom is -0.350 e. The molecule has 3 aromatic rings. The number of carbonyl (C=O) groups excluding carboxylic acids is 2. The number of thioether (sulfide) groups is 1. The molecule has 0 bridgehead atoms. The van der Waals surface area contributed by atoms with E-state index in [4.69, 9.17) is 5.14 Å². The minimum atomic E-state index is -3.92. The molecule has 2 aliphatic rings. The molecule has 1 spiro atoms. The fourth-order valence-corrected chi connectivity index (χ4v) is 6.68. The van der Waals surface area contributed by atoms with Crippen LogP contribution in [-0.2, 0) is 14.8 Å². The van der Waals surface area contributed by atoms with E-state index >= 15 is 0 Å². The maximum absolute atomic E-state index is 13.5. The molecule has 1 aliphatic carbocycles. The molecular formula is C23H24N4O4S2. The Morgan fingerprint density at radius 1 is 1.09 bits per heavy atom. The maximum atomic E-state index is 13.5. The second kappa shape index (κ2) is 8.19. The Morgan fingerprint density at radius 2 is 1.82 bits per heavy atom. The van der Waals surface area contributed by atoms with Gasteiger partial charge in [-0.15, -0.1) is 11.8 Å². The summed E-state index contributed by atoms with van der Waals surface area (Å²) in [6.45, 7) is 0. The monoisotopic (exact) mass is 484 g/mol. The van der Waals surface area contributed by atoms with Crippen molar-refractivity contribution in [1.82, 2.24) is 15.4 Å². The highest BCUT2D eigenvalue weighted by Crippen LogP contribution is 2.46. The molecule has 2 amide bonds. The van der Waals surface area contributed by atoms with E-state index in [1.807, 2.05) is 30.3 Å². The van der Waals surface area contributed by atoms with E-state index < -0.39 is 20.8 Å². The van der Waals surface area contributed by atoms with Gasteiger partial charge >= 0.3 is 0 Å². The lowest BCUT2D eigenvalue weighted by Gasteiger charge is -2.39. The molecule has 0 radical (unpaired) electrons. The number of carbonyl (C=O) groups is 2. The minimum absolute atomic E-state index is 0.0366. The highest BCUT2D eigenvalue weighted by molar-refractivity contribution is 8.01. The maximum Gasteiger partial charge on any atom is 0.286 e. The van der Waals surface area contributed by atoms with Crippen LogP contribution in [0, 0.1) is 0 Å². The summed E-state index contributed by atoms with van der Waals surface area (Å²) in [7, 11) is -3.92. The number of hydrazine groups is 1. The molecule has 33 heavy (non-hydrogen) atoms. The number of H-pyrrole nitrogens is 1.